The van der Waals surface area contributed by atoms with Gasteiger partial charge >= 0.3 is 5.97 Å². The Bertz CT molecular complexity index is 707. The van der Waals surface area contributed by atoms with Gasteiger partial charge < -0.3 is 10.1 Å². The molecule has 1 N–H and O–H groups in total. The molecule has 0 saturated carbocycles. The number of thiophene rings is 1. The molecule has 0 radical (unpaired) electrons. The third kappa shape index (κ3) is 3.04. The van der Waals surface area contributed by atoms with Crippen LogP contribution < -0.4 is 5.32 Å². The molecule has 3 rings (SSSR count). The van der Waals surface area contributed by atoms with Gasteiger partial charge in [0.2, 0.25) is 0 Å². The number of ether oxygens (including phenoxy) is 1. The van der Waals surface area contributed by atoms with Crippen molar-refractivity contribution in [3.63, 3.8) is 0 Å². The number of nitrogens with one attached hydrogen (secondary N) is 1. The molecule has 5 heteroatoms. The summed E-state index contributed by atoms with van der Waals surface area (Å²) in [5.74, 6) is -0.666. The summed E-state index contributed by atoms with van der Waals surface area (Å²) in [5, 5.41) is 2.85. The van der Waals surface area contributed by atoms with Gasteiger partial charge in [0.15, 0.2) is 6.10 Å². The molecule has 0 unspecified atom stereocenters. The van der Waals surface area contributed by atoms with Crippen molar-refractivity contribution < 1.29 is 14.3 Å². The van der Waals surface area contributed by atoms with Gasteiger partial charge in [0.1, 0.15) is 0 Å². The van der Waals surface area contributed by atoms with Crippen molar-refractivity contribution in [1.82, 2.24) is 5.32 Å². The van der Waals surface area contributed by atoms with Crippen molar-refractivity contribution >= 4 is 23.2 Å². The lowest BCUT2D eigenvalue weighted by Crippen LogP contribution is -2.41. The van der Waals surface area contributed by atoms with Crippen LogP contribution in [-0.2, 0) is 28.9 Å². The number of aryl methyl sites for hydroxylation is 1. The maximum atomic E-state index is 12.2. The summed E-state index contributed by atoms with van der Waals surface area (Å²) in [4.78, 5) is 26.5. The number of rotatable bonds is 4. The van der Waals surface area contributed by atoms with E-state index >= 15 is 0 Å². The van der Waals surface area contributed by atoms with Crippen molar-refractivity contribution in [3.05, 3.63) is 57.3 Å². The van der Waals surface area contributed by atoms with Crippen LogP contribution in [0.25, 0.3) is 0 Å². The fourth-order valence-electron chi connectivity index (χ4n) is 2.47. The smallest absolute Gasteiger partial charge is 0.339 e. The lowest BCUT2D eigenvalue weighted by molar-refractivity contribution is -0.130. The van der Waals surface area contributed by atoms with Crippen LogP contribution in [0.5, 0.6) is 0 Å². The first-order chi connectivity index (χ1) is 10.7. The Morgan fingerprint density at radius 3 is 2.82 bits per heavy atom. The van der Waals surface area contributed by atoms with Gasteiger partial charge in [-0.15, -0.1) is 11.3 Å². The zero-order valence-electron chi connectivity index (χ0n) is 12.3. The average molecular weight is 315 g/mol. The van der Waals surface area contributed by atoms with Crippen molar-refractivity contribution in [1.29, 1.82) is 0 Å². The summed E-state index contributed by atoms with van der Waals surface area (Å²) in [7, 11) is 0. The van der Waals surface area contributed by atoms with Gasteiger partial charge in [-0.3, -0.25) is 4.79 Å². The first-order valence-electron chi connectivity index (χ1n) is 7.31. The number of carbonyl (C=O) groups is 2. The van der Waals surface area contributed by atoms with Gasteiger partial charge in [-0.05, 0) is 30.2 Å². The van der Waals surface area contributed by atoms with Crippen LogP contribution >= 0.6 is 11.3 Å². The second kappa shape index (κ2) is 6.32. The van der Waals surface area contributed by atoms with Gasteiger partial charge in [-0.1, -0.05) is 25.1 Å². The number of hydrogen-bond acceptors (Lipinski definition) is 4. The number of benzene rings is 1. The van der Waals surface area contributed by atoms with Crippen molar-refractivity contribution in [2.24, 2.45) is 0 Å². The van der Waals surface area contributed by atoms with Crippen LogP contribution in [0.15, 0.2) is 36.4 Å². The fourth-order valence-corrected chi connectivity index (χ4v) is 3.37. The van der Waals surface area contributed by atoms with Crippen molar-refractivity contribution in [2.75, 3.05) is 0 Å². The van der Waals surface area contributed by atoms with Crippen LogP contribution in [0.3, 0.4) is 0 Å². The normalized spacial score (nSPS) is 16.8. The molecular formula is C17H17NO3S. The third-order valence-electron chi connectivity index (χ3n) is 3.69. The molecular weight excluding hydrogens is 298 g/mol. The van der Waals surface area contributed by atoms with Crippen LogP contribution in [0.2, 0.25) is 0 Å². The van der Waals surface area contributed by atoms with E-state index in [2.05, 4.69) is 18.3 Å². The predicted octanol–water partition coefficient (Wildman–Crippen LogP) is 2.71. The van der Waals surface area contributed by atoms with Gasteiger partial charge in [-0.2, -0.15) is 0 Å². The summed E-state index contributed by atoms with van der Waals surface area (Å²) in [6.45, 7) is 2.58. The fraction of sp³-hybridized carbons (Fsp3) is 0.294. The third-order valence-corrected chi connectivity index (χ3v) is 4.92. The number of fused-ring (bicyclic) bond motifs is 1. The maximum Gasteiger partial charge on any atom is 0.339 e. The van der Waals surface area contributed by atoms with Crippen LogP contribution in [0.4, 0.5) is 0 Å². The van der Waals surface area contributed by atoms with E-state index in [1.165, 1.54) is 4.88 Å². The minimum absolute atomic E-state index is 0.241. The van der Waals surface area contributed by atoms with E-state index in [4.69, 9.17) is 4.74 Å². The average Bonchev–Trinajstić information content (AvgIpc) is 3.00. The van der Waals surface area contributed by atoms with E-state index in [-0.39, 0.29) is 5.91 Å². The monoisotopic (exact) mass is 315 g/mol. The van der Waals surface area contributed by atoms with Gasteiger partial charge in [0, 0.05) is 16.2 Å². The Labute approximate surface area is 133 Å². The maximum absolute atomic E-state index is 12.2. The quantitative estimate of drug-likeness (QED) is 0.883. The van der Waals surface area contributed by atoms with E-state index in [0.717, 1.165) is 16.9 Å². The summed E-state index contributed by atoms with van der Waals surface area (Å²) in [6, 6.07) is 11.3. The van der Waals surface area contributed by atoms with Crippen LogP contribution in [0.1, 0.15) is 32.6 Å². The first-order valence-corrected chi connectivity index (χ1v) is 8.13. The summed E-state index contributed by atoms with van der Waals surface area (Å²) >= 11 is 1.69. The Balaban J connectivity index is 1.63. The molecule has 22 heavy (non-hydrogen) atoms. The second-order valence-corrected chi connectivity index (χ2v) is 6.45. The van der Waals surface area contributed by atoms with E-state index in [0.29, 0.717) is 18.5 Å². The first kappa shape index (κ1) is 14.8. The largest absolute Gasteiger partial charge is 0.448 e. The highest BCUT2D eigenvalue weighted by Gasteiger charge is 2.30. The highest BCUT2D eigenvalue weighted by atomic mass is 32.1. The standard InChI is InChI=1S/C17H17NO3S/c1-2-12-7-8-13(22-12)10-18-16(19)15-9-11-5-3-4-6-14(11)17(20)21-15/h3-8,15H,2,9-10H2,1H3,(H,18,19)/t15-/m1/s1. The number of hydrogen-bond donors (Lipinski definition) is 1. The minimum atomic E-state index is -0.743. The Morgan fingerprint density at radius 2 is 2.05 bits per heavy atom. The van der Waals surface area contributed by atoms with Crippen LogP contribution in [0, 0.1) is 0 Å². The highest BCUT2D eigenvalue weighted by Crippen LogP contribution is 2.21. The number of esters is 1. The lowest BCUT2D eigenvalue weighted by Gasteiger charge is -2.23. The molecule has 1 aliphatic heterocycles. The van der Waals surface area contributed by atoms with Gasteiger partial charge in [-0.25, -0.2) is 4.79 Å². The van der Waals surface area contributed by atoms with E-state index < -0.39 is 12.1 Å². The SMILES string of the molecule is CCc1ccc(CNC(=O)[C@H]2Cc3ccccc3C(=O)O2)s1. The van der Waals surface area contributed by atoms with E-state index in [1.54, 1.807) is 23.5 Å². The molecule has 0 fully saturated rings. The number of cyclic esters (lactones) is 1. The van der Waals surface area contributed by atoms with Crippen molar-refractivity contribution in [2.45, 2.75) is 32.4 Å². The molecule has 114 valence electrons. The molecule has 1 atom stereocenters. The van der Waals surface area contributed by atoms with E-state index in [9.17, 15) is 9.59 Å². The lowest BCUT2D eigenvalue weighted by atomic mass is 9.98. The van der Waals surface area contributed by atoms with E-state index in [1.807, 2.05) is 18.2 Å². The van der Waals surface area contributed by atoms with Crippen molar-refractivity contribution in [3.8, 4) is 0 Å². The Morgan fingerprint density at radius 1 is 1.27 bits per heavy atom. The highest BCUT2D eigenvalue weighted by molar-refractivity contribution is 7.11. The topological polar surface area (TPSA) is 55.4 Å². The minimum Gasteiger partial charge on any atom is -0.448 e. The molecule has 1 amide bonds. The summed E-state index contributed by atoms with van der Waals surface area (Å²) < 4.78 is 5.24. The molecule has 0 spiro atoms. The Kier molecular flexibility index (Phi) is 4.24. The molecule has 1 aromatic carbocycles. The molecule has 1 aromatic heterocycles. The zero-order chi connectivity index (χ0) is 15.5. The summed E-state index contributed by atoms with van der Waals surface area (Å²) in [6.07, 6.45) is 0.682. The van der Waals surface area contributed by atoms with Gasteiger partial charge in [0.25, 0.3) is 5.91 Å². The number of carbonyl (C=O) groups excluding carboxylic acids is 2. The predicted molar refractivity (Wildman–Crippen MR) is 84.9 cm³/mol. The molecule has 0 bridgehead atoms. The number of amides is 1. The van der Waals surface area contributed by atoms with Gasteiger partial charge in [0.05, 0.1) is 12.1 Å². The second-order valence-electron chi connectivity index (χ2n) is 5.19. The molecule has 4 nitrogen and oxygen atoms in total. The molecule has 1 aliphatic rings. The Hall–Kier alpha value is -2.14. The summed E-state index contributed by atoms with van der Waals surface area (Å²) in [5.41, 5.74) is 1.42. The molecule has 2 aromatic rings. The van der Waals surface area contributed by atoms with Crippen LogP contribution in [-0.4, -0.2) is 18.0 Å². The zero-order valence-corrected chi connectivity index (χ0v) is 13.1. The molecule has 0 saturated heterocycles. The molecule has 2 heterocycles. The molecule has 0 aliphatic carbocycles.